The molecule has 1 heterocycles. The second kappa shape index (κ2) is 5.22. The zero-order chi connectivity index (χ0) is 15.0. The molecule has 21 heavy (non-hydrogen) atoms. The second-order valence-corrected chi connectivity index (χ2v) is 5.31. The van der Waals surface area contributed by atoms with E-state index >= 15 is 0 Å². The van der Waals surface area contributed by atoms with Gasteiger partial charge in [-0.3, -0.25) is 4.79 Å². The van der Waals surface area contributed by atoms with Crippen LogP contribution in [0.4, 0.5) is 18.9 Å². The molecule has 1 aromatic carbocycles. The van der Waals surface area contributed by atoms with Gasteiger partial charge in [0.05, 0.1) is 6.04 Å². The quantitative estimate of drug-likeness (QED) is 0.928. The maximum absolute atomic E-state index is 12.2. The van der Waals surface area contributed by atoms with E-state index in [9.17, 15) is 18.0 Å². The molecule has 1 aromatic rings. The fourth-order valence-electron chi connectivity index (χ4n) is 2.45. The van der Waals surface area contributed by atoms with Crippen LogP contribution in [-0.2, 0) is 4.79 Å². The number of hydrogen-bond acceptors (Lipinski definition) is 3. The number of nitrogens with one attached hydrogen (secondary N) is 1. The Morgan fingerprint density at radius 2 is 1.81 bits per heavy atom. The van der Waals surface area contributed by atoms with E-state index < -0.39 is 6.36 Å². The van der Waals surface area contributed by atoms with E-state index in [2.05, 4.69) is 10.1 Å². The van der Waals surface area contributed by atoms with Crippen molar-refractivity contribution >= 4 is 11.6 Å². The van der Waals surface area contributed by atoms with Crippen molar-refractivity contribution in [1.82, 2.24) is 5.32 Å². The van der Waals surface area contributed by atoms with E-state index in [0.717, 1.165) is 19.3 Å². The molecule has 4 nitrogen and oxygen atoms in total. The van der Waals surface area contributed by atoms with Gasteiger partial charge in [-0.25, -0.2) is 0 Å². The summed E-state index contributed by atoms with van der Waals surface area (Å²) < 4.78 is 40.1. The molecule has 0 radical (unpaired) electrons. The molecule has 3 rings (SSSR count). The summed E-state index contributed by atoms with van der Waals surface area (Å²) in [6.45, 7) is 0.572. The number of halogens is 3. The van der Waals surface area contributed by atoms with E-state index in [1.807, 2.05) is 0 Å². The first-order valence-corrected chi connectivity index (χ1v) is 6.85. The highest BCUT2D eigenvalue weighted by atomic mass is 19.4. The van der Waals surface area contributed by atoms with Gasteiger partial charge in [-0.1, -0.05) is 0 Å². The van der Waals surface area contributed by atoms with Crippen LogP contribution in [0.1, 0.15) is 19.3 Å². The molecule has 0 spiro atoms. The first kappa shape index (κ1) is 14.2. The van der Waals surface area contributed by atoms with Crippen molar-refractivity contribution < 1.29 is 22.7 Å². The highest BCUT2D eigenvalue weighted by Crippen LogP contribution is 2.28. The lowest BCUT2D eigenvalue weighted by Crippen LogP contribution is -2.39. The van der Waals surface area contributed by atoms with Gasteiger partial charge in [0.25, 0.3) is 0 Å². The van der Waals surface area contributed by atoms with Crippen LogP contribution < -0.4 is 15.0 Å². The molecular formula is C14H15F3N2O2. The van der Waals surface area contributed by atoms with E-state index in [0.29, 0.717) is 18.3 Å². The molecule has 1 unspecified atom stereocenters. The molecule has 1 N–H and O–H groups in total. The number of benzene rings is 1. The number of ether oxygens (including phenoxy) is 1. The molecule has 2 aliphatic rings. The Bertz CT molecular complexity index is 526. The number of carbonyl (C=O) groups excluding carboxylic acids is 1. The number of amides is 1. The van der Waals surface area contributed by atoms with Gasteiger partial charge in [0, 0.05) is 18.3 Å². The van der Waals surface area contributed by atoms with Gasteiger partial charge in [-0.15, -0.1) is 13.2 Å². The van der Waals surface area contributed by atoms with E-state index in [4.69, 9.17) is 0 Å². The third-order valence-electron chi connectivity index (χ3n) is 3.60. The van der Waals surface area contributed by atoms with Crippen LogP contribution in [0.2, 0.25) is 0 Å². The fourth-order valence-corrected chi connectivity index (χ4v) is 2.45. The number of carbonyl (C=O) groups is 1. The highest BCUT2D eigenvalue weighted by Gasteiger charge is 2.36. The molecular weight excluding hydrogens is 285 g/mol. The van der Waals surface area contributed by atoms with Crippen LogP contribution >= 0.6 is 0 Å². The summed E-state index contributed by atoms with van der Waals surface area (Å²) in [5.74, 6) is -0.308. The number of anilines is 1. The SMILES string of the molecule is O=C1C(NC2CC2)CCN1c1ccc(OC(F)(F)F)cc1. The predicted molar refractivity (Wildman–Crippen MR) is 70.0 cm³/mol. The van der Waals surface area contributed by atoms with Gasteiger partial charge in [0.1, 0.15) is 5.75 Å². The molecule has 1 saturated heterocycles. The number of alkyl halides is 3. The van der Waals surface area contributed by atoms with Gasteiger partial charge in [0.15, 0.2) is 0 Å². The summed E-state index contributed by atoms with van der Waals surface area (Å²) >= 11 is 0. The van der Waals surface area contributed by atoms with Crippen molar-refractivity contribution in [3.05, 3.63) is 24.3 Å². The minimum absolute atomic E-state index is 0.0219. The van der Waals surface area contributed by atoms with Crippen molar-refractivity contribution in [3.8, 4) is 5.75 Å². The Morgan fingerprint density at radius 3 is 2.38 bits per heavy atom. The minimum Gasteiger partial charge on any atom is -0.406 e. The average Bonchev–Trinajstić information content (AvgIpc) is 3.14. The van der Waals surface area contributed by atoms with Crippen LogP contribution in [0.15, 0.2) is 24.3 Å². The first-order valence-electron chi connectivity index (χ1n) is 6.85. The summed E-state index contributed by atoms with van der Waals surface area (Å²) in [5, 5.41) is 3.28. The molecule has 2 fully saturated rings. The normalized spacial score (nSPS) is 22.7. The smallest absolute Gasteiger partial charge is 0.406 e. The lowest BCUT2D eigenvalue weighted by Gasteiger charge is -2.18. The minimum atomic E-state index is -4.70. The van der Waals surface area contributed by atoms with Crippen molar-refractivity contribution in [2.24, 2.45) is 0 Å². The third-order valence-corrected chi connectivity index (χ3v) is 3.60. The molecule has 0 bridgehead atoms. The van der Waals surface area contributed by atoms with Crippen LogP contribution in [0.25, 0.3) is 0 Å². The van der Waals surface area contributed by atoms with Crippen molar-refractivity contribution in [1.29, 1.82) is 0 Å². The lowest BCUT2D eigenvalue weighted by atomic mass is 10.2. The fraction of sp³-hybridized carbons (Fsp3) is 0.500. The largest absolute Gasteiger partial charge is 0.573 e. The highest BCUT2D eigenvalue weighted by molar-refractivity contribution is 5.99. The van der Waals surface area contributed by atoms with Crippen LogP contribution in [0.3, 0.4) is 0 Å². The zero-order valence-corrected chi connectivity index (χ0v) is 11.2. The summed E-state index contributed by atoms with van der Waals surface area (Å²) in [7, 11) is 0. The van der Waals surface area contributed by atoms with E-state index in [1.54, 1.807) is 4.90 Å². The molecule has 114 valence electrons. The Hall–Kier alpha value is -1.76. The maximum Gasteiger partial charge on any atom is 0.573 e. The van der Waals surface area contributed by atoms with Gasteiger partial charge >= 0.3 is 6.36 Å². The zero-order valence-electron chi connectivity index (χ0n) is 11.2. The summed E-state index contributed by atoms with van der Waals surface area (Å²) in [6.07, 6.45) is -1.78. The maximum atomic E-state index is 12.2. The predicted octanol–water partition coefficient (Wildman–Crippen LogP) is 2.44. The standard InChI is InChI=1S/C14H15F3N2O2/c15-14(16,17)21-11-5-3-10(4-6-11)19-8-7-12(13(19)20)18-9-1-2-9/h3-6,9,12,18H,1-2,7-8H2. The van der Waals surface area contributed by atoms with Crippen molar-refractivity contribution in [2.45, 2.75) is 37.7 Å². The molecule has 1 aliphatic heterocycles. The van der Waals surface area contributed by atoms with Crippen LogP contribution in [-0.4, -0.2) is 30.9 Å². The monoisotopic (exact) mass is 300 g/mol. The Morgan fingerprint density at radius 1 is 1.14 bits per heavy atom. The van der Waals surface area contributed by atoms with Crippen LogP contribution in [0, 0.1) is 0 Å². The van der Waals surface area contributed by atoms with E-state index in [1.165, 1.54) is 24.3 Å². The lowest BCUT2D eigenvalue weighted by molar-refractivity contribution is -0.274. The molecule has 0 aromatic heterocycles. The van der Waals surface area contributed by atoms with E-state index in [-0.39, 0.29) is 17.7 Å². The Kier molecular flexibility index (Phi) is 3.52. The number of nitrogens with zero attached hydrogens (tertiary/aromatic N) is 1. The third kappa shape index (κ3) is 3.47. The number of hydrogen-bond donors (Lipinski definition) is 1. The summed E-state index contributed by atoms with van der Waals surface area (Å²) in [4.78, 5) is 13.8. The molecule has 7 heteroatoms. The van der Waals surface area contributed by atoms with Crippen LogP contribution in [0.5, 0.6) is 5.75 Å². The molecule has 1 amide bonds. The second-order valence-electron chi connectivity index (χ2n) is 5.31. The average molecular weight is 300 g/mol. The van der Waals surface area contributed by atoms with Gasteiger partial charge in [0.2, 0.25) is 5.91 Å². The first-order chi connectivity index (χ1) is 9.92. The molecule has 1 aliphatic carbocycles. The number of rotatable bonds is 4. The Labute approximate surface area is 119 Å². The van der Waals surface area contributed by atoms with Crippen molar-refractivity contribution in [3.63, 3.8) is 0 Å². The topological polar surface area (TPSA) is 41.6 Å². The van der Waals surface area contributed by atoms with Gasteiger partial charge in [-0.2, -0.15) is 0 Å². The summed E-state index contributed by atoms with van der Waals surface area (Å²) in [5.41, 5.74) is 0.592. The van der Waals surface area contributed by atoms with Gasteiger partial charge in [-0.05, 0) is 43.5 Å². The Balaban J connectivity index is 1.65. The van der Waals surface area contributed by atoms with Gasteiger partial charge < -0.3 is 15.0 Å². The molecule has 1 atom stereocenters. The summed E-state index contributed by atoms with van der Waals surface area (Å²) in [6, 6.07) is 5.65. The molecule has 1 saturated carbocycles. The van der Waals surface area contributed by atoms with Crippen molar-refractivity contribution in [2.75, 3.05) is 11.4 Å².